The van der Waals surface area contributed by atoms with Crippen molar-refractivity contribution in [3.63, 3.8) is 0 Å². The van der Waals surface area contributed by atoms with E-state index in [1.165, 1.54) is 38.8 Å². The zero-order valence-corrected chi connectivity index (χ0v) is 21.5. The Kier molecular flexibility index (Phi) is 15.6. The van der Waals surface area contributed by atoms with Crippen LogP contribution < -0.4 is 16.0 Å². The lowest BCUT2D eigenvalue weighted by Crippen LogP contribution is -2.39. The molecule has 1 unspecified atom stereocenters. The van der Waals surface area contributed by atoms with Gasteiger partial charge in [-0.15, -0.1) is 24.0 Å². The average molecular weight is 526 g/mol. The Bertz CT molecular complexity index is 468. The third-order valence-corrected chi connectivity index (χ3v) is 4.72. The van der Waals surface area contributed by atoms with Crippen LogP contribution in [0.25, 0.3) is 0 Å². The van der Waals surface area contributed by atoms with Crippen LogP contribution in [-0.4, -0.2) is 67.9 Å². The Morgan fingerprint density at radius 3 is 2.48 bits per heavy atom. The van der Waals surface area contributed by atoms with E-state index in [2.05, 4.69) is 39.7 Å². The van der Waals surface area contributed by atoms with Gasteiger partial charge in [0.25, 0.3) is 0 Å². The van der Waals surface area contributed by atoms with Gasteiger partial charge in [0.2, 0.25) is 0 Å². The molecule has 3 N–H and O–H groups in total. The molecular weight excluding hydrogens is 481 g/mol. The largest absolute Gasteiger partial charge is 0.444 e. The van der Waals surface area contributed by atoms with Crippen molar-refractivity contribution in [2.24, 2.45) is 4.99 Å². The van der Waals surface area contributed by atoms with E-state index in [1.807, 2.05) is 20.8 Å². The number of guanidine groups is 1. The lowest BCUT2D eigenvalue weighted by molar-refractivity contribution is 0.0527. The van der Waals surface area contributed by atoms with Crippen molar-refractivity contribution in [3.8, 4) is 0 Å². The molecule has 1 saturated heterocycles. The van der Waals surface area contributed by atoms with Crippen LogP contribution in [0.5, 0.6) is 0 Å². The van der Waals surface area contributed by atoms with Crippen LogP contribution in [0.15, 0.2) is 4.99 Å². The number of piperidine rings is 1. The zero-order chi connectivity index (χ0) is 20.8. The van der Waals surface area contributed by atoms with Crippen LogP contribution in [0, 0.1) is 0 Å². The number of nitrogens with zero attached hydrogens (tertiary/aromatic N) is 2. The second-order valence-electron chi connectivity index (χ2n) is 8.56. The lowest BCUT2D eigenvalue weighted by Gasteiger charge is -2.33. The van der Waals surface area contributed by atoms with E-state index in [4.69, 9.17) is 4.74 Å². The van der Waals surface area contributed by atoms with Gasteiger partial charge < -0.3 is 25.6 Å². The first-order valence-corrected chi connectivity index (χ1v) is 11.0. The molecule has 0 saturated carbocycles. The van der Waals surface area contributed by atoms with Crippen LogP contribution in [0.2, 0.25) is 0 Å². The first-order chi connectivity index (χ1) is 13.3. The van der Waals surface area contributed by atoms with E-state index in [0.29, 0.717) is 13.1 Å². The highest BCUT2D eigenvalue weighted by Crippen LogP contribution is 2.16. The molecule has 0 aliphatic carbocycles. The van der Waals surface area contributed by atoms with Gasteiger partial charge in [0.1, 0.15) is 5.60 Å². The number of nitrogens with one attached hydrogen (secondary N) is 3. The molecule has 172 valence electrons. The van der Waals surface area contributed by atoms with Crippen molar-refractivity contribution in [1.29, 1.82) is 0 Å². The molecule has 1 fully saturated rings. The number of amides is 1. The normalized spacial score (nSPS) is 18.0. The molecule has 0 radical (unpaired) electrons. The molecule has 0 aromatic carbocycles. The highest BCUT2D eigenvalue weighted by atomic mass is 127. The monoisotopic (exact) mass is 525 g/mol. The minimum absolute atomic E-state index is 0. The summed E-state index contributed by atoms with van der Waals surface area (Å²) in [4.78, 5) is 18.8. The lowest BCUT2D eigenvalue weighted by atomic mass is 10.0. The highest BCUT2D eigenvalue weighted by molar-refractivity contribution is 14.0. The predicted molar refractivity (Wildman–Crippen MR) is 132 cm³/mol. The minimum atomic E-state index is -0.462. The van der Waals surface area contributed by atoms with Crippen molar-refractivity contribution >= 4 is 36.0 Å². The number of halogens is 1. The third-order valence-electron chi connectivity index (χ3n) is 4.72. The van der Waals surface area contributed by atoms with Gasteiger partial charge in [0.15, 0.2) is 5.96 Å². The number of alkyl carbamates (subject to hydrolysis) is 1. The van der Waals surface area contributed by atoms with Crippen molar-refractivity contribution < 1.29 is 9.53 Å². The second-order valence-corrected chi connectivity index (χ2v) is 8.56. The summed E-state index contributed by atoms with van der Waals surface area (Å²) in [6, 6.07) is 0.745. The van der Waals surface area contributed by atoms with E-state index >= 15 is 0 Å². The number of aliphatic imine (C=N–C) groups is 1. The fraction of sp³-hybridized carbons (Fsp3) is 0.905. The number of carbonyl (C=O) groups excluding carboxylic acids is 1. The van der Waals surface area contributed by atoms with E-state index in [9.17, 15) is 4.79 Å². The van der Waals surface area contributed by atoms with Gasteiger partial charge in [-0.3, -0.25) is 4.99 Å². The van der Waals surface area contributed by atoms with E-state index < -0.39 is 5.60 Å². The Hall–Kier alpha value is -0.770. The first kappa shape index (κ1) is 28.2. The Morgan fingerprint density at radius 2 is 1.83 bits per heavy atom. The van der Waals surface area contributed by atoms with Crippen LogP contribution in [0.1, 0.15) is 73.1 Å². The summed E-state index contributed by atoms with van der Waals surface area (Å²) < 4.78 is 5.22. The molecule has 1 rings (SSSR count). The number of likely N-dealkylation sites (tertiary alicyclic amines) is 1. The number of carbonyl (C=O) groups is 1. The summed E-state index contributed by atoms with van der Waals surface area (Å²) in [7, 11) is 0. The van der Waals surface area contributed by atoms with Crippen molar-refractivity contribution in [2.45, 2.75) is 84.8 Å². The number of hydrogen-bond acceptors (Lipinski definition) is 4. The highest BCUT2D eigenvalue weighted by Gasteiger charge is 2.17. The smallest absolute Gasteiger partial charge is 0.407 e. The number of hydrogen-bond donors (Lipinski definition) is 3. The van der Waals surface area contributed by atoms with Gasteiger partial charge in [0, 0.05) is 32.2 Å². The van der Waals surface area contributed by atoms with Gasteiger partial charge >= 0.3 is 6.09 Å². The maximum atomic E-state index is 11.6. The molecule has 0 aromatic heterocycles. The summed E-state index contributed by atoms with van der Waals surface area (Å²) in [6.45, 7) is 15.5. The fourth-order valence-corrected chi connectivity index (χ4v) is 3.25. The molecular formula is C21H44IN5O2. The molecule has 1 aliphatic rings. The number of ether oxygens (including phenoxy) is 1. The Labute approximate surface area is 195 Å². The quantitative estimate of drug-likeness (QED) is 0.175. The summed E-state index contributed by atoms with van der Waals surface area (Å²) in [5.41, 5.74) is -0.462. The maximum absolute atomic E-state index is 11.6. The summed E-state index contributed by atoms with van der Waals surface area (Å²) >= 11 is 0. The van der Waals surface area contributed by atoms with E-state index in [-0.39, 0.29) is 30.1 Å². The SMILES string of the molecule is CCNC(=NCCCNC(=O)OC(C)(C)C)NCCCCN1CCCCC1C.I. The van der Waals surface area contributed by atoms with Crippen LogP contribution in [0.3, 0.4) is 0 Å². The van der Waals surface area contributed by atoms with Gasteiger partial charge in [0.05, 0.1) is 0 Å². The van der Waals surface area contributed by atoms with E-state index in [1.54, 1.807) is 0 Å². The molecule has 0 aromatic rings. The number of unbranched alkanes of at least 4 members (excludes halogenated alkanes) is 1. The number of rotatable bonds is 10. The summed E-state index contributed by atoms with van der Waals surface area (Å²) in [6.07, 6.45) is 6.85. The minimum Gasteiger partial charge on any atom is -0.444 e. The molecule has 0 spiro atoms. The van der Waals surface area contributed by atoms with Crippen molar-refractivity contribution in [2.75, 3.05) is 39.3 Å². The molecule has 0 bridgehead atoms. The molecule has 1 atom stereocenters. The molecule has 8 heteroatoms. The van der Waals surface area contributed by atoms with Gasteiger partial charge in [-0.1, -0.05) is 6.42 Å². The van der Waals surface area contributed by atoms with E-state index in [0.717, 1.165) is 37.9 Å². The summed E-state index contributed by atoms with van der Waals surface area (Å²) in [5.74, 6) is 0.853. The fourth-order valence-electron chi connectivity index (χ4n) is 3.25. The molecule has 29 heavy (non-hydrogen) atoms. The zero-order valence-electron chi connectivity index (χ0n) is 19.2. The Balaban J connectivity index is 0.00000784. The Morgan fingerprint density at radius 1 is 1.10 bits per heavy atom. The third kappa shape index (κ3) is 14.8. The van der Waals surface area contributed by atoms with Crippen LogP contribution in [0.4, 0.5) is 4.79 Å². The molecule has 1 aliphatic heterocycles. The van der Waals surface area contributed by atoms with Gasteiger partial charge in [-0.25, -0.2) is 4.79 Å². The van der Waals surface area contributed by atoms with Gasteiger partial charge in [-0.05, 0) is 79.8 Å². The molecule has 1 amide bonds. The van der Waals surface area contributed by atoms with Crippen molar-refractivity contribution in [1.82, 2.24) is 20.9 Å². The van der Waals surface area contributed by atoms with Crippen LogP contribution >= 0.6 is 24.0 Å². The molecule has 1 heterocycles. The van der Waals surface area contributed by atoms with Crippen molar-refractivity contribution in [3.05, 3.63) is 0 Å². The predicted octanol–water partition coefficient (Wildman–Crippen LogP) is 3.73. The standard InChI is InChI=1S/C21H43N5O2.HI/c1-6-22-19(24-14-11-15-25-20(27)28-21(3,4)5)23-13-8-10-17-26-16-9-7-12-18(26)2;/h18H,6-17H2,1-5H3,(H,25,27)(H2,22,23,24);1H. The van der Waals surface area contributed by atoms with Gasteiger partial charge in [-0.2, -0.15) is 0 Å². The molecule has 7 nitrogen and oxygen atoms in total. The summed E-state index contributed by atoms with van der Waals surface area (Å²) in [5, 5.41) is 9.45. The van der Waals surface area contributed by atoms with Crippen LogP contribution in [-0.2, 0) is 4.74 Å². The topological polar surface area (TPSA) is 78.0 Å². The maximum Gasteiger partial charge on any atom is 0.407 e. The average Bonchev–Trinajstić information content (AvgIpc) is 2.61. The second kappa shape index (κ2) is 16.0. The first-order valence-electron chi connectivity index (χ1n) is 11.0.